The first-order chi connectivity index (χ1) is 7.31. The van der Waals surface area contributed by atoms with E-state index in [2.05, 4.69) is 5.32 Å². The molecule has 0 aliphatic carbocycles. The zero-order chi connectivity index (χ0) is 12.3. The summed E-state index contributed by atoms with van der Waals surface area (Å²) in [5.41, 5.74) is -0.545. The molecular formula is C11H19NO4. The summed E-state index contributed by atoms with van der Waals surface area (Å²) in [6.45, 7) is 7.95. The highest BCUT2D eigenvalue weighted by Gasteiger charge is 2.35. The van der Waals surface area contributed by atoms with Crippen LogP contribution in [-0.2, 0) is 19.1 Å². The second-order valence-corrected chi connectivity index (χ2v) is 4.90. The van der Waals surface area contributed by atoms with E-state index in [1.807, 2.05) is 0 Å². The lowest BCUT2D eigenvalue weighted by atomic mass is 10.0. The molecule has 0 spiro atoms. The van der Waals surface area contributed by atoms with Crippen molar-refractivity contribution in [1.29, 1.82) is 0 Å². The molecule has 1 aliphatic rings. The van der Waals surface area contributed by atoms with Gasteiger partial charge in [0.2, 0.25) is 5.91 Å². The summed E-state index contributed by atoms with van der Waals surface area (Å²) in [6.07, 6.45) is -0.733. The smallest absolute Gasteiger partial charge is 0.312 e. The predicted molar refractivity (Wildman–Crippen MR) is 57.8 cm³/mol. The summed E-state index contributed by atoms with van der Waals surface area (Å²) in [7, 11) is 0. The third-order valence-corrected chi connectivity index (χ3v) is 2.19. The van der Waals surface area contributed by atoms with Crippen LogP contribution in [0, 0.1) is 5.92 Å². The first kappa shape index (κ1) is 13.0. The largest absolute Gasteiger partial charge is 0.460 e. The van der Waals surface area contributed by atoms with Gasteiger partial charge in [-0.2, -0.15) is 0 Å². The van der Waals surface area contributed by atoms with E-state index >= 15 is 0 Å². The molecule has 2 unspecified atom stereocenters. The summed E-state index contributed by atoms with van der Waals surface area (Å²) >= 11 is 0. The minimum atomic E-state index is -0.733. The number of carbonyl (C=O) groups excluding carboxylic acids is 2. The predicted octanol–water partition coefficient (Wildman–Crippen LogP) is 0.479. The van der Waals surface area contributed by atoms with Crippen molar-refractivity contribution in [3.8, 4) is 0 Å². The molecule has 1 aliphatic heterocycles. The maximum atomic E-state index is 11.7. The van der Waals surface area contributed by atoms with E-state index in [1.165, 1.54) is 0 Å². The SMILES string of the molecule is CC(C(=O)OC(C)(C)C)C1OCCNC1=O. The van der Waals surface area contributed by atoms with Crippen LogP contribution in [0.3, 0.4) is 0 Å². The molecule has 92 valence electrons. The van der Waals surface area contributed by atoms with E-state index in [0.29, 0.717) is 13.2 Å². The number of amides is 1. The molecule has 1 rings (SSSR count). The fraction of sp³-hybridized carbons (Fsp3) is 0.818. The normalized spacial score (nSPS) is 23.5. The van der Waals surface area contributed by atoms with Crippen molar-refractivity contribution in [3.63, 3.8) is 0 Å². The Hall–Kier alpha value is -1.10. The van der Waals surface area contributed by atoms with E-state index < -0.39 is 23.6 Å². The fourth-order valence-corrected chi connectivity index (χ4v) is 1.43. The molecule has 0 aromatic rings. The number of rotatable bonds is 2. The van der Waals surface area contributed by atoms with Gasteiger partial charge in [-0.1, -0.05) is 0 Å². The van der Waals surface area contributed by atoms with Crippen LogP contribution >= 0.6 is 0 Å². The molecule has 1 saturated heterocycles. The zero-order valence-corrected chi connectivity index (χ0v) is 10.2. The average molecular weight is 229 g/mol. The first-order valence-electron chi connectivity index (χ1n) is 5.43. The Morgan fingerprint density at radius 3 is 2.69 bits per heavy atom. The van der Waals surface area contributed by atoms with E-state index in [1.54, 1.807) is 27.7 Å². The molecular weight excluding hydrogens is 210 g/mol. The fourth-order valence-electron chi connectivity index (χ4n) is 1.43. The van der Waals surface area contributed by atoms with Crippen molar-refractivity contribution in [2.75, 3.05) is 13.2 Å². The Morgan fingerprint density at radius 2 is 2.19 bits per heavy atom. The second kappa shape index (κ2) is 4.82. The monoisotopic (exact) mass is 229 g/mol. The van der Waals surface area contributed by atoms with Crippen LogP contribution in [0.2, 0.25) is 0 Å². The van der Waals surface area contributed by atoms with Crippen LogP contribution in [0.15, 0.2) is 0 Å². The van der Waals surface area contributed by atoms with Gasteiger partial charge >= 0.3 is 5.97 Å². The van der Waals surface area contributed by atoms with Crippen molar-refractivity contribution < 1.29 is 19.1 Å². The van der Waals surface area contributed by atoms with Gasteiger partial charge < -0.3 is 14.8 Å². The number of hydrogen-bond donors (Lipinski definition) is 1. The van der Waals surface area contributed by atoms with Crippen LogP contribution < -0.4 is 5.32 Å². The minimum Gasteiger partial charge on any atom is -0.460 e. The third-order valence-electron chi connectivity index (χ3n) is 2.19. The summed E-state index contributed by atoms with van der Waals surface area (Å²) < 4.78 is 10.5. The number of morpholine rings is 1. The third kappa shape index (κ3) is 3.48. The maximum Gasteiger partial charge on any atom is 0.312 e. The summed E-state index contributed by atoms with van der Waals surface area (Å²) in [5, 5.41) is 2.66. The molecule has 5 heteroatoms. The van der Waals surface area contributed by atoms with Crippen LogP contribution in [-0.4, -0.2) is 36.7 Å². The summed E-state index contributed by atoms with van der Waals surface area (Å²) in [6, 6.07) is 0. The van der Waals surface area contributed by atoms with Crippen LogP contribution in [0.4, 0.5) is 0 Å². The molecule has 1 heterocycles. The molecule has 2 atom stereocenters. The number of hydrogen-bond acceptors (Lipinski definition) is 4. The lowest BCUT2D eigenvalue weighted by molar-refractivity contribution is -0.169. The van der Waals surface area contributed by atoms with Gasteiger partial charge in [-0.3, -0.25) is 9.59 Å². The Labute approximate surface area is 95.5 Å². The molecule has 5 nitrogen and oxygen atoms in total. The molecule has 0 bridgehead atoms. The lowest BCUT2D eigenvalue weighted by Crippen LogP contribution is -2.49. The summed E-state index contributed by atoms with van der Waals surface area (Å²) in [4.78, 5) is 23.2. The maximum absolute atomic E-state index is 11.7. The molecule has 0 saturated carbocycles. The highest BCUT2D eigenvalue weighted by Crippen LogP contribution is 2.16. The standard InChI is InChI=1S/C11H19NO4/c1-7(10(14)16-11(2,3)4)8-9(13)12-5-6-15-8/h7-8H,5-6H2,1-4H3,(H,12,13). The average Bonchev–Trinajstić information content (AvgIpc) is 2.15. The van der Waals surface area contributed by atoms with E-state index in [0.717, 1.165) is 0 Å². The van der Waals surface area contributed by atoms with Gasteiger partial charge in [-0.05, 0) is 27.7 Å². The first-order valence-corrected chi connectivity index (χ1v) is 5.43. The number of nitrogens with one attached hydrogen (secondary N) is 1. The van der Waals surface area contributed by atoms with Crippen molar-refractivity contribution in [2.24, 2.45) is 5.92 Å². The van der Waals surface area contributed by atoms with Gasteiger partial charge in [0, 0.05) is 6.54 Å². The van der Waals surface area contributed by atoms with Crippen molar-refractivity contribution in [3.05, 3.63) is 0 Å². The Bertz CT molecular complexity index is 282. The molecule has 0 aromatic heterocycles. The van der Waals surface area contributed by atoms with Crippen molar-refractivity contribution in [1.82, 2.24) is 5.32 Å². The van der Waals surface area contributed by atoms with Gasteiger partial charge in [-0.25, -0.2) is 0 Å². The second-order valence-electron chi connectivity index (χ2n) is 4.90. The van der Waals surface area contributed by atoms with Crippen LogP contribution in [0.1, 0.15) is 27.7 Å². The number of esters is 1. The van der Waals surface area contributed by atoms with Gasteiger partial charge in [0.15, 0.2) is 0 Å². The van der Waals surface area contributed by atoms with E-state index in [9.17, 15) is 9.59 Å². The van der Waals surface area contributed by atoms with Gasteiger partial charge in [-0.15, -0.1) is 0 Å². The van der Waals surface area contributed by atoms with E-state index in [-0.39, 0.29) is 5.91 Å². The van der Waals surface area contributed by atoms with Gasteiger partial charge in [0.1, 0.15) is 11.7 Å². The molecule has 0 aromatic carbocycles. The van der Waals surface area contributed by atoms with Crippen molar-refractivity contribution >= 4 is 11.9 Å². The number of carbonyl (C=O) groups is 2. The zero-order valence-electron chi connectivity index (χ0n) is 10.2. The number of ether oxygens (including phenoxy) is 2. The van der Waals surface area contributed by atoms with Crippen LogP contribution in [0.5, 0.6) is 0 Å². The molecule has 1 N–H and O–H groups in total. The van der Waals surface area contributed by atoms with Gasteiger partial charge in [0.05, 0.1) is 12.5 Å². The van der Waals surface area contributed by atoms with E-state index in [4.69, 9.17) is 9.47 Å². The molecule has 1 amide bonds. The molecule has 16 heavy (non-hydrogen) atoms. The Balaban J connectivity index is 2.59. The quantitative estimate of drug-likeness (QED) is 0.699. The highest BCUT2D eigenvalue weighted by molar-refractivity contribution is 5.87. The summed E-state index contributed by atoms with van der Waals surface area (Å²) in [5.74, 6) is -1.24. The molecule has 1 fully saturated rings. The lowest BCUT2D eigenvalue weighted by Gasteiger charge is -2.28. The molecule has 0 radical (unpaired) electrons. The van der Waals surface area contributed by atoms with Gasteiger partial charge in [0.25, 0.3) is 0 Å². The highest BCUT2D eigenvalue weighted by atomic mass is 16.6. The minimum absolute atomic E-state index is 0.246. The van der Waals surface area contributed by atoms with Crippen molar-refractivity contribution in [2.45, 2.75) is 39.4 Å². The Morgan fingerprint density at radius 1 is 1.56 bits per heavy atom. The topological polar surface area (TPSA) is 64.6 Å². The van der Waals surface area contributed by atoms with Crippen LogP contribution in [0.25, 0.3) is 0 Å². The Kier molecular flexibility index (Phi) is 3.91.